The van der Waals surface area contributed by atoms with Crippen molar-refractivity contribution in [2.45, 2.75) is 6.42 Å². The summed E-state index contributed by atoms with van der Waals surface area (Å²) in [4.78, 5) is 12.5. The molecule has 4 aliphatic carbocycles. The third-order valence-corrected chi connectivity index (χ3v) is 5.92. The molecule has 0 spiro atoms. The van der Waals surface area contributed by atoms with E-state index in [1.165, 1.54) is 6.42 Å². The third-order valence-electron chi connectivity index (χ3n) is 5.92. The first kappa shape index (κ1) is 7.43. The van der Waals surface area contributed by atoms with Crippen molar-refractivity contribution in [1.82, 2.24) is 0 Å². The van der Waals surface area contributed by atoms with Gasteiger partial charge in [-0.3, -0.25) is 4.79 Å². The van der Waals surface area contributed by atoms with Crippen LogP contribution in [-0.4, -0.2) is 5.78 Å². The topological polar surface area (TPSA) is 17.1 Å². The molecule has 0 aromatic carbocycles. The molecule has 2 saturated carbocycles. The van der Waals surface area contributed by atoms with Crippen molar-refractivity contribution >= 4 is 5.78 Å². The smallest absolute Gasteiger partial charge is 0.141 e. The van der Waals surface area contributed by atoms with E-state index in [0.29, 0.717) is 41.3 Å². The van der Waals surface area contributed by atoms with Crippen LogP contribution in [0, 0.1) is 47.3 Å². The zero-order valence-electron chi connectivity index (χ0n) is 8.54. The monoisotopic (exact) mass is 198 g/mol. The summed E-state index contributed by atoms with van der Waals surface area (Å²) in [7, 11) is 0. The fourth-order valence-corrected chi connectivity index (χ4v) is 5.49. The van der Waals surface area contributed by atoms with E-state index in [1.807, 2.05) is 0 Å². The molecular weight excluding hydrogens is 184 g/mol. The first-order chi connectivity index (χ1) is 7.36. The molecule has 4 aliphatic rings. The zero-order chi connectivity index (χ0) is 9.73. The largest absolute Gasteiger partial charge is 0.299 e. The predicted octanol–water partition coefficient (Wildman–Crippen LogP) is 2.06. The van der Waals surface area contributed by atoms with E-state index in [4.69, 9.17) is 0 Å². The minimum absolute atomic E-state index is 0.370. The van der Waals surface area contributed by atoms with Crippen LogP contribution in [0.4, 0.5) is 0 Å². The molecule has 0 aromatic heterocycles. The van der Waals surface area contributed by atoms with E-state index in [-0.39, 0.29) is 0 Å². The van der Waals surface area contributed by atoms with Gasteiger partial charge < -0.3 is 0 Å². The lowest BCUT2D eigenvalue weighted by Gasteiger charge is -2.52. The Morgan fingerprint density at radius 1 is 0.933 bits per heavy atom. The summed E-state index contributed by atoms with van der Waals surface area (Å²) in [6.45, 7) is 0. The summed E-state index contributed by atoms with van der Waals surface area (Å²) < 4.78 is 0. The van der Waals surface area contributed by atoms with Gasteiger partial charge in [0, 0.05) is 11.8 Å². The van der Waals surface area contributed by atoms with Crippen molar-refractivity contribution in [2.75, 3.05) is 0 Å². The Morgan fingerprint density at radius 2 is 1.67 bits per heavy atom. The Kier molecular flexibility index (Phi) is 0.991. The maximum Gasteiger partial charge on any atom is 0.141 e. The Balaban J connectivity index is 1.86. The Labute approximate surface area is 89.2 Å². The zero-order valence-corrected chi connectivity index (χ0v) is 8.54. The number of Topliss-reactive ketones (excluding diaryl/α,β-unsaturated/α-hetero) is 1. The molecule has 2 fully saturated rings. The normalized spacial score (nSPS) is 66.0. The van der Waals surface area contributed by atoms with Gasteiger partial charge in [0.2, 0.25) is 0 Å². The maximum atomic E-state index is 12.5. The van der Waals surface area contributed by atoms with Gasteiger partial charge in [0.25, 0.3) is 0 Å². The molecule has 0 radical (unpaired) electrons. The van der Waals surface area contributed by atoms with Crippen LogP contribution in [-0.2, 0) is 4.79 Å². The molecule has 0 N–H and O–H groups in total. The van der Waals surface area contributed by atoms with E-state index in [9.17, 15) is 4.79 Å². The highest BCUT2D eigenvalue weighted by atomic mass is 16.1. The average molecular weight is 198 g/mol. The van der Waals surface area contributed by atoms with Crippen LogP contribution >= 0.6 is 0 Å². The standard InChI is InChI=1S/C14H14O/c15-14-11-6-1-2-8-12-9(13(8)14)4-3-7(11)10(12)5-6/h1-4,6-13H,5H2/t6-,7+,8+,9-,10+,11-,12-,13+/m1/s1. The molecule has 0 aromatic rings. The molecule has 8 atom stereocenters. The Hall–Kier alpha value is -0.850. The van der Waals surface area contributed by atoms with Gasteiger partial charge in [-0.2, -0.15) is 0 Å². The lowest BCUT2D eigenvalue weighted by atomic mass is 9.51. The Morgan fingerprint density at radius 3 is 2.53 bits per heavy atom. The van der Waals surface area contributed by atoms with Gasteiger partial charge in [0.05, 0.1) is 0 Å². The number of carbonyl (C=O) groups is 1. The molecule has 0 amide bonds. The van der Waals surface area contributed by atoms with Crippen molar-refractivity contribution in [1.29, 1.82) is 0 Å². The number of hydrogen-bond acceptors (Lipinski definition) is 1. The van der Waals surface area contributed by atoms with Gasteiger partial charge in [-0.05, 0) is 41.9 Å². The van der Waals surface area contributed by atoms with Crippen molar-refractivity contribution in [2.24, 2.45) is 47.3 Å². The van der Waals surface area contributed by atoms with Gasteiger partial charge in [0.1, 0.15) is 5.78 Å². The van der Waals surface area contributed by atoms with Crippen LogP contribution in [0.15, 0.2) is 24.3 Å². The first-order valence-corrected chi connectivity index (χ1v) is 6.26. The summed E-state index contributed by atoms with van der Waals surface area (Å²) in [5.74, 6) is 5.50. The molecule has 0 unspecified atom stereocenters. The molecule has 76 valence electrons. The molecule has 15 heavy (non-hydrogen) atoms. The number of hydrogen-bond donors (Lipinski definition) is 0. The molecule has 0 heterocycles. The average Bonchev–Trinajstić information content (AvgIpc) is 2.33. The summed E-state index contributed by atoms with van der Waals surface area (Å²) in [6.07, 6.45) is 10.8. The van der Waals surface area contributed by atoms with Crippen LogP contribution in [0.5, 0.6) is 0 Å². The number of allylic oxidation sites excluding steroid dienone is 4. The van der Waals surface area contributed by atoms with E-state index in [2.05, 4.69) is 24.3 Å². The number of carbonyl (C=O) groups excluding carboxylic acids is 1. The highest BCUT2D eigenvalue weighted by Gasteiger charge is 2.67. The fourth-order valence-electron chi connectivity index (χ4n) is 5.49. The summed E-state index contributed by atoms with van der Waals surface area (Å²) in [5.41, 5.74) is 0. The van der Waals surface area contributed by atoms with Crippen LogP contribution in [0.1, 0.15) is 6.42 Å². The van der Waals surface area contributed by atoms with Crippen molar-refractivity contribution < 1.29 is 4.79 Å². The summed E-state index contributed by atoms with van der Waals surface area (Å²) in [5, 5.41) is 0. The van der Waals surface area contributed by atoms with Crippen LogP contribution in [0.25, 0.3) is 0 Å². The lowest BCUT2D eigenvalue weighted by molar-refractivity contribution is -0.136. The molecular formula is C14H14O. The van der Waals surface area contributed by atoms with Crippen molar-refractivity contribution in [3.05, 3.63) is 24.3 Å². The molecule has 4 rings (SSSR count). The highest BCUT2D eigenvalue weighted by Crippen LogP contribution is 2.68. The minimum atomic E-state index is 0.370. The SMILES string of the molecule is O=C1[C@H]2[C@H]3C=C[C@@H]4C[C@H]5[C@H](C=C[C@@H]2[C@@H]35)[C@H]14. The second-order valence-electron chi connectivity index (χ2n) is 6.10. The second-order valence-corrected chi connectivity index (χ2v) is 6.10. The molecule has 0 aliphatic heterocycles. The number of rotatable bonds is 0. The van der Waals surface area contributed by atoms with Crippen LogP contribution in [0.2, 0.25) is 0 Å². The van der Waals surface area contributed by atoms with E-state index >= 15 is 0 Å². The summed E-state index contributed by atoms with van der Waals surface area (Å²) in [6, 6.07) is 0. The van der Waals surface area contributed by atoms with E-state index in [1.54, 1.807) is 0 Å². The lowest BCUT2D eigenvalue weighted by Crippen LogP contribution is -2.51. The van der Waals surface area contributed by atoms with E-state index < -0.39 is 0 Å². The van der Waals surface area contributed by atoms with Crippen LogP contribution in [0.3, 0.4) is 0 Å². The van der Waals surface area contributed by atoms with Gasteiger partial charge in [-0.1, -0.05) is 24.3 Å². The van der Waals surface area contributed by atoms with Crippen molar-refractivity contribution in [3.8, 4) is 0 Å². The summed E-state index contributed by atoms with van der Waals surface area (Å²) >= 11 is 0. The highest BCUT2D eigenvalue weighted by molar-refractivity contribution is 5.89. The quantitative estimate of drug-likeness (QED) is 0.544. The van der Waals surface area contributed by atoms with Gasteiger partial charge in [0.15, 0.2) is 0 Å². The second kappa shape index (κ2) is 2.00. The molecule has 0 saturated heterocycles. The maximum absolute atomic E-state index is 12.5. The van der Waals surface area contributed by atoms with Gasteiger partial charge in [-0.25, -0.2) is 0 Å². The number of fused-ring (bicyclic) bond motifs is 8. The first-order valence-electron chi connectivity index (χ1n) is 6.26. The van der Waals surface area contributed by atoms with Gasteiger partial charge in [-0.15, -0.1) is 0 Å². The molecule has 1 heteroatoms. The minimum Gasteiger partial charge on any atom is -0.299 e. The third kappa shape index (κ3) is 0.579. The van der Waals surface area contributed by atoms with Gasteiger partial charge >= 0.3 is 0 Å². The molecule has 0 bridgehead atoms. The van der Waals surface area contributed by atoms with E-state index in [0.717, 1.165) is 11.8 Å². The predicted molar refractivity (Wildman–Crippen MR) is 55.8 cm³/mol. The fraction of sp³-hybridized carbons (Fsp3) is 0.643. The van der Waals surface area contributed by atoms with Crippen LogP contribution < -0.4 is 0 Å². The number of ketones is 1. The molecule has 1 nitrogen and oxygen atoms in total. The Bertz CT molecular complexity index is 433. The van der Waals surface area contributed by atoms with Crippen molar-refractivity contribution in [3.63, 3.8) is 0 Å².